The highest BCUT2D eigenvalue weighted by Gasteiger charge is 2.13. The van der Waals surface area contributed by atoms with Crippen LogP contribution in [0.25, 0.3) is 0 Å². The summed E-state index contributed by atoms with van der Waals surface area (Å²) in [5.41, 5.74) is 1.22. The van der Waals surface area contributed by atoms with Gasteiger partial charge in [0.1, 0.15) is 0 Å². The Hall–Kier alpha value is -0.830. The van der Waals surface area contributed by atoms with E-state index in [-0.39, 0.29) is 0 Å². The van der Waals surface area contributed by atoms with Gasteiger partial charge < -0.3 is 5.32 Å². The molecule has 0 aliphatic carbocycles. The molecule has 1 N–H and O–H groups in total. The lowest BCUT2D eigenvalue weighted by Gasteiger charge is -2.21. The zero-order chi connectivity index (χ0) is 11.3. The zero-order valence-electron chi connectivity index (χ0n) is 10.3. The van der Waals surface area contributed by atoms with E-state index in [0.29, 0.717) is 12.1 Å². The summed E-state index contributed by atoms with van der Waals surface area (Å²) in [5, 5.41) is 7.87. The molecule has 0 aliphatic heterocycles. The number of hydrogen-bond donors (Lipinski definition) is 1. The molecule has 1 heterocycles. The topological polar surface area (TPSA) is 29.9 Å². The molecular weight excluding hydrogens is 186 g/mol. The van der Waals surface area contributed by atoms with E-state index < -0.39 is 0 Å². The van der Waals surface area contributed by atoms with Gasteiger partial charge in [-0.25, -0.2) is 0 Å². The molecule has 86 valence electrons. The number of rotatable bonds is 6. The highest BCUT2D eigenvalue weighted by molar-refractivity contribution is 5.00. The number of aromatic nitrogens is 2. The lowest BCUT2D eigenvalue weighted by Crippen LogP contribution is -2.34. The van der Waals surface area contributed by atoms with Crippen molar-refractivity contribution in [2.24, 2.45) is 0 Å². The van der Waals surface area contributed by atoms with Gasteiger partial charge in [-0.1, -0.05) is 13.3 Å². The molecule has 3 nitrogen and oxygen atoms in total. The third kappa shape index (κ3) is 3.67. The fourth-order valence-electron chi connectivity index (χ4n) is 1.56. The summed E-state index contributed by atoms with van der Waals surface area (Å²) in [6.07, 6.45) is 6.50. The number of nitrogens with one attached hydrogen (secondary N) is 1. The first-order valence-electron chi connectivity index (χ1n) is 5.89. The molecule has 0 aromatic carbocycles. The third-order valence-corrected chi connectivity index (χ3v) is 2.87. The molecule has 0 saturated heterocycles. The molecule has 0 aliphatic rings. The Bertz CT molecular complexity index is 280. The summed E-state index contributed by atoms with van der Waals surface area (Å²) >= 11 is 0. The molecule has 2 atom stereocenters. The van der Waals surface area contributed by atoms with Crippen molar-refractivity contribution in [2.75, 3.05) is 6.54 Å². The molecule has 0 radical (unpaired) electrons. The van der Waals surface area contributed by atoms with E-state index in [9.17, 15) is 0 Å². The summed E-state index contributed by atoms with van der Waals surface area (Å²) in [6, 6.07) is 0.881. The van der Waals surface area contributed by atoms with Crippen molar-refractivity contribution in [3.63, 3.8) is 0 Å². The van der Waals surface area contributed by atoms with Gasteiger partial charge in [0.25, 0.3) is 0 Å². The number of hydrogen-bond acceptors (Lipinski definition) is 2. The van der Waals surface area contributed by atoms with Gasteiger partial charge in [-0.3, -0.25) is 4.68 Å². The van der Waals surface area contributed by atoms with Crippen LogP contribution in [0.4, 0.5) is 0 Å². The smallest absolute Gasteiger partial charge is 0.0641 e. The Morgan fingerprint density at radius 1 is 1.47 bits per heavy atom. The highest BCUT2D eigenvalue weighted by atomic mass is 15.3. The zero-order valence-corrected chi connectivity index (χ0v) is 10.3. The van der Waals surface area contributed by atoms with E-state index in [1.165, 1.54) is 18.4 Å². The molecule has 0 amide bonds. The van der Waals surface area contributed by atoms with Crippen molar-refractivity contribution in [3.05, 3.63) is 18.0 Å². The minimum atomic E-state index is 0.413. The summed E-state index contributed by atoms with van der Waals surface area (Å²) in [7, 11) is 0. The molecule has 15 heavy (non-hydrogen) atoms. The lowest BCUT2D eigenvalue weighted by atomic mass is 10.1. The molecule has 0 unspecified atom stereocenters. The molecule has 1 aromatic heterocycles. The van der Waals surface area contributed by atoms with Crippen LogP contribution >= 0.6 is 0 Å². The largest absolute Gasteiger partial charge is 0.312 e. The average molecular weight is 209 g/mol. The van der Waals surface area contributed by atoms with Crippen LogP contribution < -0.4 is 5.32 Å². The van der Waals surface area contributed by atoms with Crippen molar-refractivity contribution < 1.29 is 0 Å². The maximum absolute atomic E-state index is 4.34. The van der Waals surface area contributed by atoms with E-state index in [1.54, 1.807) is 0 Å². The second-order valence-corrected chi connectivity index (χ2v) is 4.33. The Balaban J connectivity index is 2.42. The summed E-state index contributed by atoms with van der Waals surface area (Å²) in [6.45, 7) is 9.81. The SMILES string of the molecule is CCCCN[C@@H](C)[C@@H](C)n1cc(C)cn1. The maximum Gasteiger partial charge on any atom is 0.0641 e. The Morgan fingerprint density at radius 3 is 2.73 bits per heavy atom. The van der Waals surface area contributed by atoms with Gasteiger partial charge in [-0.15, -0.1) is 0 Å². The molecule has 1 aromatic rings. The second kappa shape index (κ2) is 5.91. The van der Waals surface area contributed by atoms with Crippen molar-refractivity contribution in [3.8, 4) is 0 Å². The van der Waals surface area contributed by atoms with E-state index in [1.807, 2.05) is 10.9 Å². The Labute approximate surface area is 92.9 Å². The molecule has 1 rings (SSSR count). The maximum atomic E-state index is 4.34. The van der Waals surface area contributed by atoms with E-state index in [2.05, 4.69) is 44.3 Å². The molecular formula is C12H23N3. The highest BCUT2D eigenvalue weighted by Crippen LogP contribution is 2.10. The lowest BCUT2D eigenvalue weighted by molar-refractivity contribution is 0.364. The van der Waals surface area contributed by atoms with Crippen molar-refractivity contribution in [1.82, 2.24) is 15.1 Å². The third-order valence-electron chi connectivity index (χ3n) is 2.87. The molecule has 0 bridgehead atoms. The van der Waals surface area contributed by atoms with Crippen LogP contribution in [0.1, 0.15) is 45.2 Å². The number of nitrogens with zero attached hydrogens (tertiary/aromatic N) is 2. The second-order valence-electron chi connectivity index (χ2n) is 4.33. The fourth-order valence-corrected chi connectivity index (χ4v) is 1.56. The van der Waals surface area contributed by atoms with Gasteiger partial charge in [-0.2, -0.15) is 5.10 Å². The van der Waals surface area contributed by atoms with E-state index in [0.717, 1.165) is 6.54 Å². The minimum Gasteiger partial charge on any atom is -0.312 e. The normalized spacial score (nSPS) is 15.2. The van der Waals surface area contributed by atoms with Gasteiger partial charge in [0.15, 0.2) is 0 Å². The van der Waals surface area contributed by atoms with E-state index in [4.69, 9.17) is 0 Å². The van der Waals surface area contributed by atoms with Crippen molar-refractivity contribution in [2.45, 2.75) is 52.6 Å². The summed E-state index contributed by atoms with van der Waals surface area (Å²) < 4.78 is 2.04. The number of aryl methyl sites for hydroxylation is 1. The monoisotopic (exact) mass is 209 g/mol. The Morgan fingerprint density at radius 2 is 2.20 bits per heavy atom. The van der Waals surface area contributed by atoms with Crippen molar-refractivity contribution >= 4 is 0 Å². The van der Waals surface area contributed by atoms with Gasteiger partial charge >= 0.3 is 0 Å². The van der Waals surface area contributed by atoms with Crippen LogP contribution in [-0.2, 0) is 0 Å². The number of unbranched alkanes of at least 4 members (excludes halogenated alkanes) is 1. The Kier molecular flexibility index (Phi) is 4.82. The fraction of sp³-hybridized carbons (Fsp3) is 0.750. The van der Waals surface area contributed by atoms with Gasteiger partial charge in [0.2, 0.25) is 0 Å². The molecule has 3 heteroatoms. The summed E-state index contributed by atoms with van der Waals surface area (Å²) in [4.78, 5) is 0. The van der Waals surface area contributed by atoms with Gasteiger partial charge in [-0.05, 0) is 39.3 Å². The van der Waals surface area contributed by atoms with Crippen LogP contribution in [0.2, 0.25) is 0 Å². The van der Waals surface area contributed by atoms with Crippen LogP contribution in [0, 0.1) is 6.92 Å². The first-order valence-corrected chi connectivity index (χ1v) is 5.89. The van der Waals surface area contributed by atoms with Crippen LogP contribution in [0.3, 0.4) is 0 Å². The quantitative estimate of drug-likeness (QED) is 0.730. The molecule has 0 saturated carbocycles. The van der Waals surface area contributed by atoms with Crippen LogP contribution in [-0.4, -0.2) is 22.4 Å². The molecule has 0 fully saturated rings. The minimum absolute atomic E-state index is 0.413. The van der Waals surface area contributed by atoms with Crippen LogP contribution in [0.15, 0.2) is 12.4 Å². The predicted octanol–water partition coefficient (Wildman–Crippen LogP) is 2.53. The van der Waals surface area contributed by atoms with Gasteiger partial charge in [0.05, 0.1) is 12.2 Å². The first-order chi connectivity index (χ1) is 7.15. The average Bonchev–Trinajstić information content (AvgIpc) is 2.64. The molecule has 0 spiro atoms. The van der Waals surface area contributed by atoms with Gasteiger partial charge in [0, 0.05) is 12.2 Å². The van der Waals surface area contributed by atoms with E-state index >= 15 is 0 Å². The van der Waals surface area contributed by atoms with Crippen molar-refractivity contribution in [1.29, 1.82) is 0 Å². The predicted molar refractivity (Wildman–Crippen MR) is 64.0 cm³/mol. The first kappa shape index (κ1) is 12.2. The summed E-state index contributed by atoms with van der Waals surface area (Å²) in [5.74, 6) is 0. The standard InChI is InChI=1S/C12H23N3/c1-5-6-7-13-11(3)12(4)15-9-10(2)8-14-15/h8-9,11-13H,5-7H2,1-4H3/t11-,12+/m0/s1. The van der Waals surface area contributed by atoms with Crippen LogP contribution in [0.5, 0.6) is 0 Å².